The van der Waals surface area contributed by atoms with Crippen LogP contribution in [0.5, 0.6) is 0 Å². The van der Waals surface area contributed by atoms with E-state index >= 15 is 0 Å². The van der Waals surface area contributed by atoms with Crippen LogP contribution >= 0.6 is 0 Å². The summed E-state index contributed by atoms with van der Waals surface area (Å²) in [5, 5.41) is 0. The Hall–Kier alpha value is -0.500. The van der Waals surface area contributed by atoms with E-state index in [9.17, 15) is 0 Å². The minimum Gasteiger partial charge on any atom is -0.375 e. The van der Waals surface area contributed by atoms with E-state index in [1.54, 1.807) is 0 Å². The molecule has 1 aliphatic rings. The minimum absolute atomic E-state index is 0.636. The molecule has 0 radical (unpaired) electrons. The predicted molar refractivity (Wildman–Crippen MR) is 62.3 cm³/mol. The van der Waals surface area contributed by atoms with E-state index in [-0.39, 0.29) is 0 Å². The zero-order chi connectivity index (χ0) is 10.6. The highest BCUT2D eigenvalue weighted by Gasteiger charge is 2.11. The number of hydrogen-bond acceptors (Lipinski definition) is 2. The topological polar surface area (TPSA) is 6.48 Å². The molecule has 0 aliphatic carbocycles. The molecule has 0 saturated heterocycles. The van der Waals surface area contributed by atoms with Crippen molar-refractivity contribution in [2.45, 2.75) is 46.2 Å². The first kappa shape index (κ1) is 11.6. The van der Waals surface area contributed by atoms with E-state index < -0.39 is 0 Å². The van der Waals surface area contributed by atoms with Crippen LogP contribution in [-0.4, -0.2) is 41.5 Å². The summed E-state index contributed by atoms with van der Waals surface area (Å²) >= 11 is 0. The van der Waals surface area contributed by atoms with Crippen molar-refractivity contribution >= 4 is 0 Å². The smallest absolute Gasteiger partial charge is 0.0227 e. The molecule has 0 saturated carbocycles. The van der Waals surface area contributed by atoms with Gasteiger partial charge in [-0.2, -0.15) is 0 Å². The third-order valence-corrected chi connectivity index (χ3v) is 2.89. The second kappa shape index (κ2) is 5.40. The maximum absolute atomic E-state index is 2.52. The Bertz CT molecular complexity index is 185. The van der Waals surface area contributed by atoms with E-state index in [4.69, 9.17) is 0 Å². The summed E-state index contributed by atoms with van der Waals surface area (Å²) in [6.45, 7) is 12.6. The molecule has 0 bridgehead atoms. The van der Waals surface area contributed by atoms with Gasteiger partial charge in [-0.05, 0) is 40.3 Å². The Morgan fingerprint density at radius 2 is 1.71 bits per heavy atom. The second-order valence-corrected chi connectivity index (χ2v) is 4.66. The summed E-state index contributed by atoms with van der Waals surface area (Å²) < 4.78 is 0. The van der Waals surface area contributed by atoms with Gasteiger partial charge in [-0.3, -0.25) is 4.90 Å². The van der Waals surface area contributed by atoms with Crippen LogP contribution in [0.15, 0.2) is 12.3 Å². The molecule has 1 heterocycles. The molecule has 0 fully saturated rings. The molecule has 0 spiro atoms. The van der Waals surface area contributed by atoms with Crippen molar-refractivity contribution in [1.82, 2.24) is 9.80 Å². The molecule has 0 aromatic carbocycles. The van der Waals surface area contributed by atoms with Gasteiger partial charge in [-0.15, -0.1) is 0 Å². The molecule has 82 valence electrons. The quantitative estimate of drug-likeness (QED) is 0.669. The van der Waals surface area contributed by atoms with Crippen LogP contribution in [0, 0.1) is 0 Å². The average molecular weight is 196 g/mol. The molecule has 0 atom stereocenters. The summed E-state index contributed by atoms with van der Waals surface area (Å²) in [5.74, 6) is 0. The highest BCUT2D eigenvalue weighted by atomic mass is 15.2. The molecule has 2 nitrogen and oxygen atoms in total. The van der Waals surface area contributed by atoms with Gasteiger partial charge in [-0.1, -0.05) is 6.08 Å². The zero-order valence-corrected chi connectivity index (χ0v) is 10.0. The van der Waals surface area contributed by atoms with Crippen LogP contribution < -0.4 is 0 Å². The third kappa shape index (κ3) is 3.33. The van der Waals surface area contributed by atoms with Gasteiger partial charge in [0.15, 0.2) is 0 Å². The van der Waals surface area contributed by atoms with Crippen molar-refractivity contribution in [3.63, 3.8) is 0 Å². The molecule has 14 heavy (non-hydrogen) atoms. The number of nitrogens with zero attached hydrogens (tertiary/aromatic N) is 2. The Labute approximate surface area is 88.6 Å². The van der Waals surface area contributed by atoms with Crippen LogP contribution in [0.4, 0.5) is 0 Å². The zero-order valence-electron chi connectivity index (χ0n) is 10.0. The fourth-order valence-corrected chi connectivity index (χ4v) is 1.84. The molecule has 1 rings (SSSR count). The SMILES string of the molecule is CC(C)N1/C=C\CN(C(C)C)CCC1. The standard InChI is InChI=1S/C12H24N2/c1-11(2)13-7-5-9-14(12(3)4)10-6-8-13/h5,7,11-12H,6,8-10H2,1-4H3/b7-5-. The summed E-state index contributed by atoms with van der Waals surface area (Å²) in [6, 6.07) is 1.31. The van der Waals surface area contributed by atoms with Gasteiger partial charge in [0.05, 0.1) is 0 Å². The summed E-state index contributed by atoms with van der Waals surface area (Å²) in [7, 11) is 0. The van der Waals surface area contributed by atoms with Crippen molar-refractivity contribution < 1.29 is 0 Å². The van der Waals surface area contributed by atoms with Crippen LogP contribution in [0.25, 0.3) is 0 Å². The maximum Gasteiger partial charge on any atom is 0.0227 e. The highest BCUT2D eigenvalue weighted by molar-refractivity contribution is 4.89. The predicted octanol–water partition coefficient (Wildman–Crippen LogP) is 2.32. The summed E-state index contributed by atoms with van der Waals surface area (Å²) in [4.78, 5) is 4.95. The van der Waals surface area contributed by atoms with Gasteiger partial charge in [-0.25, -0.2) is 0 Å². The van der Waals surface area contributed by atoms with Gasteiger partial charge >= 0.3 is 0 Å². The molecule has 2 heteroatoms. The molecular weight excluding hydrogens is 172 g/mol. The number of hydrogen-bond donors (Lipinski definition) is 0. The molecule has 0 unspecified atom stereocenters. The van der Waals surface area contributed by atoms with Crippen LogP contribution in [-0.2, 0) is 0 Å². The van der Waals surface area contributed by atoms with Crippen LogP contribution in [0.2, 0.25) is 0 Å². The van der Waals surface area contributed by atoms with Crippen LogP contribution in [0.3, 0.4) is 0 Å². The molecule has 1 aliphatic heterocycles. The van der Waals surface area contributed by atoms with Gasteiger partial charge in [0.2, 0.25) is 0 Å². The van der Waals surface area contributed by atoms with E-state index in [0.717, 1.165) is 6.54 Å². The highest BCUT2D eigenvalue weighted by Crippen LogP contribution is 2.07. The van der Waals surface area contributed by atoms with E-state index in [1.807, 2.05) is 0 Å². The average Bonchev–Trinajstić information content (AvgIpc) is 2.01. The first-order valence-corrected chi connectivity index (χ1v) is 5.77. The van der Waals surface area contributed by atoms with Crippen molar-refractivity contribution in [3.8, 4) is 0 Å². The fraction of sp³-hybridized carbons (Fsp3) is 0.833. The Morgan fingerprint density at radius 3 is 2.29 bits per heavy atom. The van der Waals surface area contributed by atoms with Gasteiger partial charge in [0.25, 0.3) is 0 Å². The van der Waals surface area contributed by atoms with E-state index in [1.165, 1.54) is 19.5 Å². The first-order valence-electron chi connectivity index (χ1n) is 5.77. The molecule has 0 N–H and O–H groups in total. The lowest BCUT2D eigenvalue weighted by atomic mass is 10.2. The normalized spacial score (nSPS) is 22.6. The van der Waals surface area contributed by atoms with Gasteiger partial charge < -0.3 is 4.90 Å². The maximum atomic E-state index is 2.52. The van der Waals surface area contributed by atoms with Crippen molar-refractivity contribution in [3.05, 3.63) is 12.3 Å². The Kier molecular flexibility index (Phi) is 4.46. The summed E-state index contributed by atoms with van der Waals surface area (Å²) in [5.41, 5.74) is 0. The Balaban J connectivity index is 2.50. The lowest BCUT2D eigenvalue weighted by Crippen LogP contribution is -2.37. The van der Waals surface area contributed by atoms with Crippen molar-refractivity contribution in [2.75, 3.05) is 19.6 Å². The van der Waals surface area contributed by atoms with Gasteiger partial charge in [0, 0.05) is 31.7 Å². The van der Waals surface area contributed by atoms with Crippen LogP contribution in [0.1, 0.15) is 34.1 Å². The molecular formula is C12H24N2. The third-order valence-electron chi connectivity index (χ3n) is 2.89. The second-order valence-electron chi connectivity index (χ2n) is 4.66. The minimum atomic E-state index is 0.636. The van der Waals surface area contributed by atoms with Gasteiger partial charge in [0.1, 0.15) is 0 Å². The number of rotatable bonds is 2. The van der Waals surface area contributed by atoms with E-state index in [0.29, 0.717) is 12.1 Å². The van der Waals surface area contributed by atoms with E-state index in [2.05, 4.69) is 49.8 Å². The van der Waals surface area contributed by atoms with Crippen molar-refractivity contribution in [1.29, 1.82) is 0 Å². The first-order chi connectivity index (χ1) is 6.61. The molecule has 0 amide bonds. The largest absolute Gasteiger partial charge is 0.375 e. The lowest BCUT2D eigenvalue weighted by Gasteiger charge is -2.31. The summed E-state index contributed by atoms with van der Waals surface area (Å²) in [6.07, 6.45) is 5.83. The fourth-order valence-electron chi connectivity index (χ4n) is 1.84. The monoisotopic (exact) mass is 196 g/mol. The molecule has 0 aromatic rings. The molecule has 0 aromatic heterocycles. The lowest BCUT2D eigenvalue weighted by molar-refractivity contribution is 0.209. The van der Waals surface area contributed by atoms with Crippen molar-refractivity contribution in [2.24, 2.45) is 0 Å². The Morgan fingerprint density at radius 1 is 1.00 bits per heavy atom.